The van der Waals surface area contributed by atoms with Crippen molar-refractivity contribution in [2.45, 2.75) is 32.7 Å². The molecule has 1 aromatic rings. The second-order valence-corrected chi connectivity index (χ2v) is 7.45. The lowest BCUT2D eigenvalue weighted by Gasteiger charge is -2.14. The van der Waals surface area contributed by atoms with Crippen molar-refractivity contribution in [1.82, 2.24) is 10.6 Å². The Labute approximate surface area is 151 Å². The molecule has 0 bridgehead atoms. The highest BCUT2D eigenvalue weighted by Gasteiger charge is 2.07. The number of para-hydroxylation sites is 1. The first-order valence-electron chi connectivity index (χ1n) is 8.54. The van der Waals surface area contributed by atoms with E-state index in [-0.39, 0.29) is 0 Å². The summed E-state index contributed by atoms with van der Waals surface area (Å²) in [6.45, 7) is 4.91. The van der Waals surface area contributed by atoms with Crippen LogP contribution < -0.4 is 15.4 Å². The van der Waals surface area contributed by atoms with E-state index in [0.717, 1.165) is 50.8 Å². The fourth-order valence-corrected chi connectivity index (χ4v) is 2.70. The largest absolute Gasteiger partial charge is 0.381 e. The predicted molar refractivity (Wildman–Crippen MR) is 103 cm³/mol. The van der Waals surface area contributed by atoms with E-state index in [1.807, 2.05) is 12.1 Å². The van der Waals surface area contributed by atoms with Gasteiger partial charge in [-0.05, 0) is 24.5 Å². The third kappa shape index (κ3) is 9.93. The molecule has 0 aliphatic rings. The Bertz CT molecular complexity index is 633. The standard InChI is InChI=1S/C17H30N4O3S/c1-4-5-12-24-13-8-11-19-17(18-2)20-14-15-9-6-7-10-16(15)21-25(3,22)23/h6-7,9-10,21H,4-5,8,11-14H2,1-3H3,(H2,18,19,20). The van der Waals surface area contributed by atoms with Crippen LogP contribution in [0.3, 0.4) is 0 Å². The third-order valence-corrected chi connectivity index (χ3v) is 3.97. The number of sulfonamides is 1. The van der Waals surface area contributed by atoms with Crippen molar-refractivity contribution in [3.63, 3.8) is 0 Å². The highest BCUT2D eigenvalue weighted by atomic mass is 32.2. The molecule has 0 aliphatic carbocycles. The van der Waals surface area contributed by atoms with E-state index in [1.165, 1.54) is 0 Å². The minimum atomic E-state index is -3.31. The Kier molecular flexibility index (Phi) is 9.94. The zero-order chi connectivity index (χ0) is 18.5. The Balaban J connectivity index is 2.40. The van der Waals surface area contributed by atoms with Crippen molar-refractivity contribution >= 4 is 21.7 Å². The van der Waals surface area contributed by atoms with Gasteiger partial charge in [-0.15, -0.1) is 0 Å². The van der Waals surface area contributed by atoms with Gasteiger partial charge in [0.05, 0.1) is 11.9 Å². The van der Waals surface area contributed by atoms with Crippen LogP contribution in [0.5, 0.6) is 0 Å². The fourth-order valence-electron chi connectivity index (χ4n) is 2.10. The maximum Gasteiger partial charge on any atom is 0.229 e. The van der Waals surface area contributed by atoms with Crippen molar-refractivity contribution in [3.8, 4) is 0 Å². The first-order chi connectivity index (χ1) is 12.0. The molecule has 0 radical (unpaired) electrons. The summed E-state index contributed by atoms with van der Waals surface area (Å²) >= 11 is 0. The van der Waals surface area contributed by atoms with Gasteiger partial charge in [0, 0.05) is 33.4 Å². The number of hydrogen-bond donors (Lipinski definition) is 3. The maximum atomic E-state index is 11.4. The summed E-state index contributed by atoms with van der Waals surface area (Å²) in [6, 6.07) is 7.27. The van der Waals surface area contributed by atoms with Crippen LogP contribution in [-0.2, 0) is 21.3 Å². The molecule has 1 rings (SSSR count). The number of ether oxygens (including phenoxy) is 1. The van der Waals surface area contributed by atoms with Gasteiger partial charge in [0.15, 0.2) is 5.96 Å². The molecule has 0 heterocycles. The minimum absolute atomic E-state index is 0.464. The molecule has 142 valence electrons. The van der Waals surface area contributed by atoms with E-state index in [4.69, 9.17) is 4.74 Å². The topological polar surface area (TPSA) is 91.8 Å². The molecule has 0 aliphatic heterocycles. The average Bonchev–Trinajstić information content (AvgIpc) is 2.56. The first kappa shape index (κ1) is 21.2. The number of benzene rings is 1. The third-order valence-electron chi connectivity index (χ3n) is 3.38. The lowest BCUT2D eigenvalue weighted by molar-refractivity contribution is 0.129. The lowest BCUT2D eigenvalue weighted by atomic mass is 10.2. The van der Waals surface area contributed by atoms with Gasteiger partial charge in [0.1, 0.15) is 0 Å². The van der Waals surface area contributed by atoms with E-state index >= 15 is 0 Å². The number of nitrogens with zero attached hydrogens (tertiary/aromatic N) is 1. The van der Waals surface area contributed by atoms with Gasteiger partial charge < -0.3 is 15.4 Å². The van der Waals surface area contributed by atoms with Crippen molar-refractivity contribution in [2.75, 3.05) is 37.8 Å². The fraction of sp³-hybridized carbons (Fsp3) is 0.588. The molecule has 7 nitrogen and oxygen atoms in total. The van der Waals surface area contributed by atoms with E-state index in [9.17, 15) is 8.42 Å². The summed E-state index contributed by atoms with van der Waals surface area (Å²) < 4.78 is 30.9. The van der Waals surface area contributed by atoms with E-state index in [2.05, 4.69) is 27.3 Å². The Morgan fingerprint density at radius 1 is 1.16 bits per heavy atom. The predicted octanol–water partition coefficient (Wildman–Crippen LogP) is 1.93. The maximum absolute atomic E-state index is 11.4. The summed E-state index contributed by atoms with van der Waals surface area (Å²) in [5.41, 5.74) is 1.41. The van der Waals surface area contributed by atoms with Crippen LogP contribution in [0, 0.1) is 0 Å². The molecule has 0 saturated heterocycles. The minimum Gasteiger partial charge on any atom is -0.381 e. The molecular weight excluding hydrogens is 340 g/mol. The molecule has 0 amide bonds. The van der Waals surface area contributed by atoms with E-state index in [1.54, 1.807) is 19.2 Å². The van der Waals surface area contributed by atoms with E-state index in [0.29, 0.717) is 18.2 Å². The molecule has 25 heavy (non-hydrogen) atoms. The van der Waals surface area contributed by atoms with Crippen LogP contribution in [0.15, 0.2) is 29.3 Å². The van der Waals surface area contributed by atoms with Crippen molar-refractivity contribution in [2.24, 2.45) is 4.99 Å². The Morgan fingerprint density at radius 2 is 1.88 bits per heavy atom. The summed E-state index contributed by atoms with van der Waals surface area (Å²) in [5, 5.41) is 6.40. The van der Waals surface area contributed by atoms with Gasteiger partial charge >= 0.3 is 0 Å². The smallest absolute Gasteiger partial charge is 0.229 e. The molecule has 0 saturated carbocycles. The van der Waals surface area contributed by atoms with Crippen LogP contribution in [0.2, 0.25) is 0 Å². The van der Waals surface area contributed by atoms with Crippen molar-refractivity contribution in [3.05, 3.63) is 29.8 Å². The zero-order valence-corrected chi connectivity index (χ0v) is 16.2. The molecule has 3 N–H and O–H groups in total. The summed E-state index contributed by atoms with van der Waals surface area (Å²) in [6.07, 6.45) is 4.28. The molecule has 0 atom stereocenters. The lowest BCUT2D eigenvalue weighted by Crippen LogP contribution is -2.37. The molecule has 0 spiro atoms. The van der Waals surface area contributed by atoms with Crippen LogP contribution in [0.4, 0.5) is 5.69 Å². The van der Waals surface area contributed by atoms with Crippen LogP contribution in [0.1, 0.15) is 31.7 Å². The monoisotopic (exact) mass is 370 g/mol. The molecule has 8 heteroatoms. The van der Waals surface area contributed by atoms with Crippen LogP contribution in [-0.4, -0.2) is 47.4 Å². The van der Waals surface area contributed by atoms with Crippen molar-refractivity contribution < 1.29 is 13.2 Å². The number of anilines is 1. The SMILES string of the molecule is CCCCOCCCNC(=NC)NCc1ccccc1NS(C)(=O)=O. The van der Waals surface area contributed by atoms with Gasteiger partial charge in [-0.1, -0.05) is 31.5 Å². The average molecular weight is 371 g/mol. The van der Waals surface area contributed by atoms with E-state index < -0.39 is 10.0 Å². The van der Waals surface area contributed by atoms with Crippen LogP contribution in [0.25, 0.3) is 0 Å². The second-order valence-electron chi connectivity index (χ2n) is 5.70. The van der Waals surface area contributed by atoms with Gasteiger partial charge in [-0.2, -0.15) is 0 Å². The summed E-state index contributed by atoms with van der Waals surface area (Å²) in [4.78, 5) is 4.17. The number of nitrogens with one attached hydrogen (secondary N) is 3. The quantitative estimate of drug-likeness (QED) is 0.314. The molecule has 0 fully saturated rings. The number of aliphatic imine (C=N–C) groups is 1. The zero-order valence-electron chi connectivity index (χ0n) is 15.3. The Hall–Kier alpha value is -1.80. The van der Waals surface area contributed by atoms with Gasteiger partial charge in [-0.3, -0.25) is 9.71 Å². The van der Waals surface area contributed by atoms with Gasteiger partial charge in [0.25, 0.3) is 0 Å². The number of rotatable bonds is 11. The Morgan fingerprint density at radius 3 is 2.56 bits per heavy atom. The highest BCUT2D eigenvalue weighted by molar-refractivity contribution is 7.92. The molecule has 1 aromatic carbocycles. The molecular formula is C17H30N4O3S. The summed E-state index contributed by atoms with van der Waals surface area (Å²) in [7, 11) is -1.61. The van der Waals surface area contributed by atoms with Crippen LogP contribution >= 0.6 is 0 Å². The van der Waals surface area contributed by atoms with Crippen molar-refractivity contribution in [1.29, 1.82) is 0 Å². The number of guanidine groups is 1. The highest BCUT2D eigenvalue weighted by Crippen LogP contribution is 2.15. The second kappa shape index (κ2) is 11.7. The normalized spacial score (nSPS) is 12.0. The number of unbranched alkanes of at least 4 members (excludes halogenated alkanes) is 1. The first-order valence-corrected chi connectivity index (χ1v) is 10.4. The molecule has 0 unspecified atom stereocenters. The van der Waals surface area contributed by atoms with Gasteiger partial charge in [-0.25, -0.2) is 8.42 Å². The number of hydrogen-bond acceptors (Lipinski definition) is 4. The summed E-state index contributed by atoms with van der Waals surface area (Å²) in [5.74, 6) is 0.669. The molecule has 0 aromatic heterocycles. The van der Waals surface area contributed by atoms with Gasteiger partial charge in [0.2, 0.25) is 10.0 Å².